The second-order valence-electron chi connectivity index (χ2n) is 6.19. The van der Waals surface area contributed by atoms with E-state index in [0.717, 1.165) is 12.8 Å². The first-order valence-corrected chi connectivity index (χ1v) is 8.61. The summed E-state index contributed by atoms with van der Waals surface area (Å²) in [5.41, 5.74) is 0.538. The number of hydrogen-bond donors (Lipinski definition) is 0. The van der Waals surface area contributed by atoms with E-state index < -0.39 is 5.97 Å². The van der Waals surface area contributed by atoms with E-state index in [-0.39, 0.29) is 30.4 Å². The summed E-state index contributed by atoms with van der Waals surface area (Å²) in [5, 5.41) is 0. The van der Waals surface area contributed by atoms with E-state index in [1.54, 1.807) is 23.1 Å². The van der Waals surface area contributed by atoms with Gasteiger partial charge in [0.15, 0.2) is 17.3 Å². The summed E-state index contributed by atoms with van der Waals surface area (Å²) >= 11 is 0. The first-order chi connectivity index (χ1) is 12.5. The fourth-order valence-corrected chi connectivity index (χ4v) is 3.11. The Kier molecular flexibility index (Phi) is 7.00. The zero-order valence-electron chi connectivity index (χ0n) is 15.4. The Morgan fingerprint density at radius 1 is 1.08 bits per heavy atom. The minimum atomic E-state index is -0.409. The van der Waals surface area contributed by atoms with Gasteiger partial charge in [-0.3, -0.25) is 14.4 Å². The molecule has 1 saturated heterocycles. The van der Waals surface area contributed by atoms with Crippen LogP contribution < -0.4 is 9.47 Å². The van der Waals surface area contributed by atoms with Crippen molar-refractivity contribution in [2.24, 2.45) is 5.92 Å². The van der Waals surface area contributed by atoms with E-state index >= 15 is 0 Å². The highest BCUT2D eigenvalue weighted by Gasteiger charge is 2.29. The van der Waals surface area contributed by atoms with Crippen LogP contribution in [0.15, 0.2) is 18.2 Å². The standard InChI is InChI=1S/C19H25NO6/c1-24-15-7-6-13(11-16(15)25-2)19(23)14-5-4-10-20(12-14)17(21)8-9-18(22)26-3/h6-7,11,14H,4-5,8-10,12H2,1-3H3/t14-/m1/s1. The third kappa shape index (κ3) is 4.74. The van der Waals surface area contributed by atoms with Gasteiger partial charge in [-0.15, -0.1) is 0 Å². The normalized spacial score (nSPS) is 16.7. The fraction of sp³-hybridized carbons (Fsp3) is 0.526. The number of likely N-dealkylation sites (tertiary alicyclic amines) is 1. The molecule has 0 N–H and O–H groups in total. The lowest BCUT2D eigenvalue weighted by Gasteiger charge is -2.32. The van der Waals surface area contributed by atoms with Gasteiger partial charge in [0, 0.05) is 31.0 Å². The number of carbonyl (C=O) groups excluding carboxylic acids is 3. The molecule has 0 aromatic heterocycles. The van der Waals surface area contributed by atoms with Crippen molar-refractivity contribution in [2.75, 3.05) is 34.4 Å². The van der Waals surface area contributed by atoms with Crippen LogP contribution in [0.3, 0.4) is 0 Å². The number of methoxy groups -OCH3 is 3. The molecule has 1 aliphatic rings. The maximum atomic E-state index is 12.8. The predicted octanol–water partition coefficient (Wildman–Crippen LogP) is 2.08. The Hall–Kier alpha value is -2.57. The van der Waals surface area contributed by atoms with Gasteiger partial charge < -0.3 is 19.1 Å². The maximum absolute atomic E-state index is 12.8. The molecule has 7 heteroatoms. The van der Waals surface area contributed by atoms with E-state index in [2.05, 4.69) is 4.74 Å². The molecule has 7 nitrogen and oxygen atoms in total. The smallest absolute Gasteiger partial charge is 0.306 e. The molecular formula is C19H25NO6. The molecule has 1 amide bonds. The molecule has 1 atom stereocenters. The first-order valence-electron chi connectivity index (χ1n) is 8.61. The Morgan fingerprint density at radius 3 is 2.46 bits per heavy atom. The molecule has 1 aromatic rings. The largest absolute Gasteiger partial charge is 0.493 e. The number of rotatable bonds is 7. The summed E-state index contributed by atoms with van der Waals surface area (Å²) in [7, 11) is 4.36. The van der Waals surface area contributed by atoms with Gasteiger partial charge in [-0.1, -0.05) is 0 Å². The minimum Gasteiger partial charge on any atom is -0.493 e. The molecule has 0 unspecified atom stereocenters. The Balaban J connectivity index is 2.03. The van der Waals surface area contributed by atoms with Crippen LogP contribution in [0, 0.1) is 5.92 Å². The van der Waals surface area contributed by atoms with Crippen molar-refractivity contribution in [1.82, 2.24) is 4.90 Å². The van der Waals surface area contributed by atoms with Crippen molar-refractivity contribution in [3.05, 3.63) is 23.8 Å². The minimum absolute atomic E-state index is 0.0172. The van der Waals surface area contributed by atoms with Gasteiger partial charge in [-0.05, 0) is 31.0 Å². The number of benzene rings is 1. The highest BCUT2D eigenvalue weighted by Crippen LogP contribution is 2.30. The number of esters is 1. The van der Waals surface area contributed by atoms with Gasteiger partial charge >= 0.3 is 5.97 Å². The van der Waals surface area contributed by atoms with Crippen LogP contribution in [0.5, 0.6) is 11.5 Å². The third-order valence-electron chi connectivity index (χ3n) is 4.58. The summed E-state index contributed by atoms with van der Waals surface area (Å²) in [5.74, 6) is 0.251. The number of piperidine rings is 1. The van der Waals surface area contributed by atoms with Crippen LogP contribution >= 0.6 is 0 Å². The molecule has 1 heterocycles. The number of carbonyl (C=O) groups is 3. The summed E-state index contributed by atoms with van der Waals surface area (Å²) < 4.78 is 15.0. The van der Waals surface area contributed by atoms with Crippen LogP contribution in [0.25, 0.3) is 0 Å². The molecule has 0 radical (unpaired) electrons. The fourth-order valence-electron chi connectivity index (χ4n) is 3.11. The Bertz CT molecular complexity index is 672. The molecule has 142 valence electrons. The highest BCUT2D eigenvalue weighted by molar-refractivity contribution is 5.99. The lowest BCUT2D eigenvalue weighted by Crippen LogP contribution is -2.42. The van der Waals surface area contributed by atoms with Crippen molar-refractivity contribution in [3.63, 3.8) is 0 Å². The van der Waals surface area contributed by atoms with E-state index in [4.69, 9.17) is 9.47 Å². The number of amides is 1. The molecule has 26 heavy (non-hydrogen) atoms. The van der Waals surface area contributed by atoms with Crippen molar-refractivity contribution in [2.45, 2.75) is 25.7 Å². The number of Topliss-reactive ketones (excluding diaryl/α,β-unsaturated/α-hetero) is 1. The highest BCUT2D eigenvalue weighted by atomic mass is 16.5. The van der Waals surface area contributed by atoms with Crippen molar-refractivity contribution in [1.29, 1.82) is 0 Å². The number of ketones is 1. The average molecular weight is 363 g/mol. The lowest BCUT2D eigenvalue weighted by atomic mass is 9.89. The molecule has 1 aromatic carbocycles. The monoisotopic (exact) mass is 363 g/mol. The zero-order valence-corrected chi connectivity index (χ0v) is 15.4. The molecule has 0 saturated carbocycles. The van der Waals surface area contributed by atoms with Crippen LogP contribution in [0.1, 0.15) is 36.0 Å². The van der Waals surface area contributed by atoms with E-state index in [1.165, 1.54) is 21.3 Å². The van der Waals surface area contributed by atoms with Gasteiger partial charge in [-0.25, -0.2) is 0 Å². The zero-order chi connectivity index (χ0) is 19.1. The quantitative estimate of drug-likeness (QED) is 0.545. The summed E-state index contributed by atoms with van der Waals surface area (Å²) in [6.45, 7) is 0.975. The first kappa shape index (κ1) is 19.8. The number of hydrogen-bond acceptors (Lipinski definition) is 6. The van der Waals surface area contributed by atoms with Crippen molar-refractivity contribution < 1.29 is 28.6 Å². The number of nitrogens with zero attached hydrogens (tertiary/aromatic N) is 1. The maximum Gasteiger partial charge on any atom is 0.306 e. The topological polar surface area (TPSA) is 82.1 Å². The average Bonchev–Trinajstić information content (AvgIpc) is 2.70. The second kappa shape index (κ2) is 9.22. The number of ether oxygens (including phenoxy) is 3. The summed E-state index contributed by atoms with van der Waals surface area (Å²) in [6, 6.07) is 5.08. The molecule has 0 aliphatic carbocycles. The summed E-state index contributed by atoms with van der Waals surface area (Å²) in [4.78, 5) is 38.0. The SMILES string of the molecule is COC(=O)CCC(=O)N1CCC[C@@H](C(=O)c2ccc(OC)c(OC)c2)C1. The van der Waals surface area contributed by atoms with Crippen LogP contribution in [-0.4, -0.2) is 57.0 Å². The van der Waals surface area contributed by atoms with E-state index in [1.807, 2.05) is 0 Å². The third-order valence-corrected chi connectivity index (χ3v) is 4.58. The molecular weight excluding hydrogens is 338 g/mol. The van der Waals surface area contributed by atoms with Crippen LogP contribution in [0.4, 0.5) is 0 Å². The van der Waals surface area contributed by atoms with Crippen molar-refractivity contribution >= 4 is 17.7 Å². The van der Waals surface area contributed by atoms with Crippen LogP contribution in [0.2, 0.25) is 0 Å². The summed E-state index contributed by atoms with van der Waals surface area (Å²) in [6.07, 6.45) is 1.64. The van der Waals surface area contributed by atoms with Gasteiger partial charge in [0.25, 0.3) is 0 Å². The van der Waals surface area contributed by atoms with Crippen LogP contribution in [-0.2, 0) is 14.3 Å². The molecule has 0 bridgehead atoms. The molecule has 1 aliphatic heterocycles. The van der Waals surface area contributed by atoms with Gasteiger partial charge in [0.1, 0.15) is 0 Å². The predicted molar refractivity (Wildman–Crippen MR) is 94.4 cm³/mol. The Labute approximate surface area is 153 Å². The van der Waals surface area contributed by atoms with Gasteiger partial charge in [0.05, 0.1) is 27.8 Å². The van der Waals surface area contributed by atoms with Crippen molar-refractivity contribution in [3.8, 4) is 11.5 Å². The molecule has 0 spiro atoms. The molecule has 1 fully saturated rings. The second-order valence-corrected chi connectivity index (χ2v) is 6.19. The lowest BCUT2D eigenvalue weighted by molar-refractivity contribution is -0.144. The van der Waals surface area contributed by atoms with Gasteiger partial charge in [-0.2, -0.15) is 0 Å². The molecule has 2 rings (SSSR count). The van der Waals surface area contributed by atoms with Gasteiger partial charge in [0.2, 0.25) is 5.91 Å². The van der Waals surface area contributed by atoms with E-state index in [0.29, 0.717) is 30.2 Å². The van der Waals surface area contributed by atoms with E-state index in [9.17, 15) is 14.4 Å². The Morgan fingerprint density at radius 2 is 1.81 bits per heavy atom.